The molecule has 1 aromatic rings. The quantitative estimate of drug-likeness (QED) is 0.872. The van der Waals surface area contributed by atoms with Gasteiger partial charge >= 0.3 is 0 Å². The van der Waals surface area contributed by atoms with Crippen LogP contribution in [-0.2, 0) is 5.60 Å². The van der Waals surface area contributed by atoms with Gasteiger partial charge < -0.3 is 5.11 Å². The van der Waals surface area contributed by atoms with Crippen LogP contribution in [-0.4, -0.2) is 21.5 Å². The second-order valence-electron chi connectivity index (χ2n) is 2.67. The normalized spacial score (nSPS) is 15.8. The Morgan fingerprint density at radius 2 is 1.92 bits per heavy atom. The van der Waals surface area contributed by atoms with Crippen LogP contribution in [0.15, 0.2) is 16.9 Å². The van der Waals surface area contributed by atoms with E-state index in [2.05, 4.69) is 25.9 Å². The van der Waals surface area contributed by atoms with E-state index in [-0.39, 0.29) is 5.82 Å². The van der Waals surface area contributed by atoms with Crippen LogP contribution in [0.25, 0.3) is 0 Å². The maximum Gasteiger partial charge on any atom is 0.273 e. The van der Waals surface area contributed by atoms with Gasteiger partial charge in [-0.05, 0) is 22.9 Å². The van der Waals surface area contributed by atoms with E-state index < -0.39 is 12.0 Å². The average molecular weight is 253 g/mol. The lowest BCUT2D eigenvalue weighted by Crippen LogP contribution is -2.32. The van der Waals surface area contributed by atoms with Crippen LogP contribution in [0.1, 0.15) is 12.7 Å². The summed E-state index contributed by atoms with van der Waals surface area (Å²) in [7, 11) is 0. The van der Waals surface area contributed by atoms with Crippen molar-refractivity contribution in [1.29, 1.82) is 0 Å². The first-order chi connectivity index (χ1) is 5.94. The van der Waals surface area contributed by atoms with Crippen molar-refractivity contribution in [3.8, 4) is 0 Å². The maximum atomic E-state index is 12.3. The van der Waals surface area contributed by atoms with Gasteiger partial charge in [0.15, 0.2) is 11.4 Å². The topological polar surface area (TPSA) is 46.0 Å². The zero-order valence-corrected chi connectivity index (χ0v) is 8.29. The molecule has 0 aliphatic heterocycles. The molecule has 1 atom stereocenters. The molecule has 0 amide bonds. The van der Waals surface area contributed by atoms with Crippen molar-refractivity contribution in [2.24, 2.45) is 0 Å². The fourth-order valence-electron chi connectivity index (χ4n) is 0.671. The zero-order valence-electron chi connectivity index (χ0n) is 6.71. The van der Waals surface area contributed by atoms with Crippen LogP contribution in [0.4, 0.5) is 8.78 Å². The van der Waals surface area contributed by atoms with Gasteiger partial charge in [0, 0.05) is 12.4 Å². The molecule has 1 N–H and O–H groups in total. The third kappa shape index (κ3) is 2.19. The SMILES string of the molecule is C[C@](O)(c1ncc(Br)cn1)C(F)F. The molecule has 3 nitrogen and oxygen atoms in total. The van der Waals surface area contributed by atoms with E-state index in [4.69, 9.17) is 0 Å². The van der Waals surface area contributed by atoms with Gasteiger partial charge in [0.05, 0.1) is 4.47 Å². The van der Waals surface area contributed by atoms with E-state index in [1.807, 2.05) is 0 Å². The summed E-state index contributed by atoms with van der Waals surface area (Å²) in [5.41, 5.74) is -2.29. The molecule has 13 heavy (non-hydrogen) atoms. The summed E-state index contributed by atoms with van der Waals surface area (Å²) in [5, 5.41) is 9.26. The van der Waals surface area contributed by atoms with Gasteiger partial charge in [-0.25, -0.2) is 18.7 Å². The van der Waals surface area contributed by atoms with Crippen LogP contribution >= 0.6 is 15.9 Å². The molecular weight excluding hydrogens is 246 g/mol. The Morgan fingerprint density at radius 1 is 1.46 bits per heavy atom. The van der Waals surface area contributed by atoms with Gasteiger partial charge in [0.1, 0.15) is 0 Å². The molecule has 0 fully saturated rings. The van der Waals surface area contributed by atoms with E-state index in [9.17, 15) is 13.9 Å². The van der Waals surface area contributed by atoms with E-state index in [1.165, 1.54) is 12.4 Å². The first-order valence-electron chi connectivity index (χ1n) is 3.43. The first kappa shape index (κ1) is 10.5. The predicted octanol–water partition coefficient (Wildman–Crippen LogP) is 1.71. The molecule has 0 spiro atoms. The van der Waals surface area contributed by atoms with Crippen molar-refractivity contribution < 1.29 is 13.9 Å². The van der Waals surface area contributed by atoms with Crippen LogP contribution in [0, 0.1) is 0 Å². The maximum absolute atomic E-state index is 12.3. The number of aliphatic hydroxyl groups is 1. The van der Waals surface area contributed by atoms with Crippen molar-refractivity contribution >= 4 is 15.9 Å². The Morgan fingerprint density at radius 3 is 2.31 bits per heavy atom. The molecular formula is C7H7BrF2N2O. The Hall–Kier alpha value is -0.620. The number of alkyl halides is 2. The fraction of sp³-hybridized carbons (Fsp3) is 0.429. The van der Waals surface area contributed by atoms with Crippen LogP contribution < -0.4 is 0 Å². The third-order valence-corrected chi connectivity index (χ3v) is 1.91. The molecule has 0 aromatic carbocycles. The van der Waals surface area contributed by atoms with Crippen LogP contribution in [0.3, 0.4) is 0 Å². The molecule has 0 aliphatic rings. The van der Waals surface area contributed by atoms with Gasteiger partial charge in [-0.2, -0.15) is 0 Å². The van der Waals surface area contributed by atoms with Gasteiger partial charge in [-0.1, -0.05) is 0 Å². The van der Waals surface area contributed by atoms with E-state index in [0.29, 0.717) is 4.47 Å². The summed E-state index contributed by atoms with van der Waals surface area (Å²) in [6.45, 7) is 0.973. The summed E-state index contributed by atoms with van der Waals surface area (Å²) in [6.07, 6.45) is -0.299. The zero-order chi connectivity index (χ0) is 10.1. The summed E-state index contributed by atoms with van der Waals surface area (Å²) in [6, 6.07) is 0. The summed E-state index contributed by atoms with van der Waals surface area (Å²) < 4.78 is 25.1. The third-order valence-electron chi connectivity index (χ3n) is 1.50. The first-order valence-corrected chi connectivity index (χ1v) is 4.22. The molecule has 0 aliphatic carbocycles. The molecule has 72 valence electrons. The molecule has 0 radical (unpaired) electrons. The lowest BCUT2D eigenvalue weighted by Gasteiger charge is -2.19. The number of hydrogen-bond acceptors (Lipinski definition) is 3. The Kier molecular flexibility index (Phi) is 2.92. The van der Waals surface area contributed by atoms with Gasteiger partial charge in [-0.3, -0.25) is 0 Å². The minimum Gasteiger partial charge on any atom is -0.377 e. The fourth-order valence-corrected chi connectivity index (χ4v) is 0.876. The molecule has 6 heteroatoms. The number of halogens is 3. The molecule has 0 saturated heterocycles. The second kappa shape index (κ2) is 3.63. The smallest absolute Gasteiger partial charge is 0.273 e. The Bertz CT molecular complexity index is 289. The molecule has 0 saturated carbocycles. The standard InChI is InChI=1S/C7H7BrF2N2O/c1-7(13,5(9)10)6-11-2-4(8)3-12-6/h2-3,5,13H,1H3/t7-/m1/s1. The second-order valence-corrected chi connectivity index (χ2v) is 3.59. The number of nitrogens with zero attached hydrogens (tertiary/aromatic N) is 2. The molecule has 0 unspecified atom stereocenters. The highest BCUT2D eigenvalue weighted by atomic mass is 79.9. The Labute approximate surface area is 82.0 Å². The average Bonchev–Trinajstić information content (AvgIpc) is 2.04. The number of rotatable bonds is 2. The van der Waals surface area contributed by atoms with Crippen molar-refractivity contribution in [2.45, 2.75) is 19.0 Å². The van der Waals surface area contributed by atoms with Crippen LogP contribution in [0.2, 0.25) is 0 Å². The molecule has 1 rings (SSSR count). The van der Waals surface area contributed by atoms with E-state index >= 15 is 0 Å². The van der Waals surface area contributed by atoms with Gasteiger partial charge in [0.25, 0.3) is 6.43 Å². The highest BCUT2D eigenvalue weighted by Crippen LogP contribution is 2.24. The van der Waals surface area contributed by atoms with Crippen molar-refractivity contribution in [2.75, 3.05) is 0 Å². The summed E-state index contributed by atoms with van der Waals surface area (Å²) in [4.78, 5) is 7.17. The lowest BCUT2D eigenvalue weighted by molar-refractivity contribution is -0.0940. The van der Waals surface area contributed by atoms with E-state index in [0.717, 1.165) is 6.92 Å². The van der Waals surface area contributed by atoms with E-state index in [1.54, 1.807) is 0 Å². The van der Waals surface area contributed by atoms with Crippen molar-refractivity contribution in [3.63, 3.8) is 0 Å². The molecule has 1 aromatic heterocycles. The largest absolute Gasteiger partial charge is 0.377 e. The molecule has 1 heterocycles. The summed E-state index contributed by atoms with van der Waals surface area (Å²) >= 11 is 3.06. The molecule has 0 bridgehead atoms. The predicted molar refractivity (Wildman–Crippen MR) is 45.3 cm³/mol. The van der Waals surface area contributed by atoms with Gasteiger partial charge in [-0.15, -0.1) is 0 Å². The Balaban J connectivity index is 3.01. The van der Waals surface area contributed by atoms with Gasteiger partial charge in [0.2, 0.25) is 0 Å². The highest BCUT2D eigenvalue weighted by Gasteiger charge is 2.37. The van der Waals surface area contributed by atoms with Crippen molar-refractivity contribution in [3.05, 3.63) is 22.7 Å². The van der Waals surface area contributed by atoms with Crippen molar-refractivity contribution in [1.82, 2.24) is 9.97 Å². The monoisotopic (exact) mass is 252 g/mol. The minimum atomic E-state index is -2.91. The number of hydrogen-bond donors (Lipinski definition) is 1. The minimum absolute atomic E-state index is 0.286. The lowest BCUT2D eigenvalue weighted by atomic mass is 10.1. The number of aromatic nitrogens is 2. The van der Waals surface area contributed by atoms with Crippen LogP contribution in [0.5, 0.6) is 0 Å². The summed E-state index contributed by atoms with van der Waals surface area (Å²) in [5.74, 6) is -0.286. The highest BCUT2D eigenvalue weighted by molar-refractivity contribution is 9.10.